The number of ether oxygens (including phenoxy) is 1. The number of carboxylic acids is 2. The van der Waals surface area contributed by atoms with Crippen LogP contribution in [0.25, 0.3) is 0 Å². The van der Waals surface area contributed by atoms with Crippen molar-refractivity contribution in [1.82, 2.24) is 4.90 Å². The van der Waals surface area contributed by atoms with E-state index in [2.05, 4.69) is 0 Å². The molecule has 2 heterocycles. The number of aliphatic carboxylic acids is 2. The van der Waals surface area contributed by atoms with Crippen molar-refractivity contribution in [2.45, 2.75) is 6.04 Å². The molecule has 2 saturated heterocycles. The second-order valence-corrected chi connectivity index (χ2v) is 3.95. The van der Waals surface area contributed by atoms with Crippen molar-refractivity contribution in [3.63, 3.8) is 0 Å². The molecule has 0 aromatic carbocycles. The molecule has 0 aliphatic carbocycles. The summed E-state index contributed by atoms with van der Waals surface area (Å²) in [6.07, 6.45) is 0. The summed E-state index contributed by atoms with van der Waals surface area (Å²) >= 11 is 0. The van der Waals surface area contributed by atoms with Gasteiger partial charge in [0.25, 0.3) is 0 Å². The van der Waals surface area contributed by atoms with E-state index in [-0.39, 0.29) is 6.04 Å². The molecule has 2 fully saturated rings. The van der Waals surface area contributed by atoms with Gasteiger partial charge in [-0.15, -0.1) is 0 Å². The normalized spacial score (nSPS) is 36.1. The summed E-state index contributed by atoms with van der Waals surface area (Å²) in [5.74, 6) is -3.73. The van der Waals surface area contributed by atoms with Crippen LogP contribution in [0.15, 0.2) is 0 Å². The Morgan fingerprint density at radius 3 is 2.60 bits per heavy atom. The van der Waals surface area contributed by atoms with Crippen molar-refractivity contribution >= 4 is 11.9 Å². The molecule has 2 aliphatic heterocycles. The Kier molecular flexibility index (Phi) is 2.62. The first-order valence-electron chi connectivity index (χ1n) is 4.88. The van der Waals surface area contributed by atoms with Gasteiger partial charge in [0.2, 0.25) is 0 Å². The third-order valence-corrected chi connectivity index (χ3v) is 3.16. The number of carbonyl (C=O) groups is 2. The van der Waals surface area contributed by atoms with E-state index in [1.54, 1.807) is 0 Å². The summed E-state index contributed by atoms with van der Waals surface area (Å²) in [6, 6.07) is -0.280. The van der Waals surface area contributed by atoms with E-state index in [1.807, 2.05) is 4.90 Å². The fraction of sp³-hybridized carbons (Fsp3) is 0.778. The van der Waals surface area contributed by atoms with Crippen LogP contribution in [0.2, 0.25) is 0 Å². The van der Waals surface area contributed by atoms with Crippen molar-refractivity contribution in [3.8, 4) is 0 Å². The maximum atomic E-state index is 11.0. The van der Waals surface area contributed by atoms with Crippen LogP contribution in [0.1, 0.15) is 0 Å². The fourth-order valence-corrected chi connectivity index (χ4v) is 2.42. The zero-order chi connectivity index (χ0) is 11.0. The molecule has 15 heavy (non-hydrogen) atoms. The summed E-state index contributed by atoms with van der Waals surface area (Å²) < 4.78 is 5.19. The number of rotatable bonds is 2. The van der Waals surface area contributed by atoms with E-state index in [9.17, 15) is 9.59 Å². The van der Waals surface area contributed by atoms with Crippen molar-refractivity contribution in [3.05, 3.63) is 0 Å². The van der Waals surface area contributed by atoms with Crippen molar-refractivity contribution in [2.24, 2.45) is 11.8 Å². The molecule has 0 unspecified atom stereocenters. The predicted molar refractivity (Wildman–Crippen MR) is 48.4 cm³/mol. The molecule has 0 aromatic heterocycles. The van der Waals surface area contributed by atoms with Gasteiger partial charge in [-0.05, 0) is 0 Å². The van der Waals surface area contributed by atoms with E-state index >= 15 is 0 Å². The fourth-order valence-electron chi connectivity index (χ4n) is 2.42. The molecule has 84 valence electrons. The Balaban J connectivity index is 2.21. The Labute approximate surface area is 86.4 Å². The van der Waals surface area contributed by atoms with Gasteiger partial charge in [-0.1, -0.05) is 0 Å². The Bertz CT molecular complexity index is 292. The third kappa shape index (κ3) is 1.70. The summed E-state index contributed by atoms with van der Waals surface area (Å²) in [5, 5.41) is 18.0. The average molecular weight is 215 g/mol. The number of fused-ring (bicyclic) bond motifs is 1. The summed E-state index contributed by atoms with van der Waals surface area (Å²) in [4.78, 5) is 23.9. The van der Waals surface area contributed by atoms with Gasteiger partial charge in [0.15, 0.2) is 0 Å². The molecule has 6 heteroatoms. The lowest BCUT2D eigenvalue weighted by molar-refractivity contribution is -0.153. The van der Waals surface area contributed by atoms with E-state index in [0.717, 1.165) is 0 Å². The van der Waals surface area contributed by atoms with Gasteiger partial charge in [0.05, 0.1) is 25.0 Å². The van der Waals surface area contributed by atoms with Gasteiger partial charge in [-0.3, -0.25) is 14.5 Å². The van der Waals surface area contributed by atoms with Crippen LogP contribution in [-0.4, -0.2) is 59.4 Å². The van der Waals surface area contributed by atoms with Crippen LogP contribution in [0, 0.1) is 11.8 Å². The molecule has 2 aliphatic rings. The van der Waals surface area contributed by atoms with Gasteiger partial charge in [-0.2, -0.15) is 0 Å². The lowest BCUT2D eigenvalue weighted by Crippen LogP contribution is -2.45. The van der Waals surface area contributed by atoms with Crippen LogP contribution in [0.3, 0.4) is 0 Å². The summed E-state index contributed by atoms with van der Waals surface area (Å²) in [5.41, 5.74) is 0. The Morgan fingerprint density at radius 2 is 2.00 bits per heavy atom. The van der Waals surface area contributed by atoms with Gasteiger partial charge in [0, 0.05) is 19.1 Å². The molecule has 2 rings (SSSR count). The Hall–Kier alpha value is -1.14. The van der Waals surface area contributed by atoms with Gasteiger partial charge in [0.1, 0.15) is 0 Å². The number of morpholine rings is 1. The molecule has 2 N–H and O–H groups in total. The predicted octanol–water partition coefficient (Wildman–Crippen LogP) is -0.898. The van der Waals surface area contributed by atoms with Gasteiger partial charge in [-0.25, -0.2) is 0 Å². The first kappa shape index (κ1) is 10.4. The average Bonchev–Trinajstić information content (AvgIpc) is 2.56. The minimum atomic E-state index is -1.04. The topological polar surface area (TPSA) is 87.1 Å². The standard InChI is InChI=1S/C9H13NO5/c11-8(12)5-3-10-1-2-15-4-6(10)7(5)9(13)14/h5-7H,1-4H2,(H,11,12)(H,13,14)/t5-,6-,7+/m1/s1. The van der Waals surface area contributed by atoms with Gasteiger partial charge < -0.3 is 14.9 Å². The molecular formula is C9H13NO5. The van der Waals surface area contributed by atoms with Crippen molar-refractivity contribution in [1.29, 1.82) is 0 Å². The van der Waals surface area contributed by atoms with Crippen LogP contribution in [0.4, 0.5) is 0 Å². The highest BCUT2D eigenvalue weighted by Crippen LogP contribution is 2.32. The maximum absolute atomic E-state index is 11.0. The monoisotopic (exact) mass is 215 g/mol. The van der Waals surface area contributed by atoms with Crippen LogP contribution >= 0.6 is 0 Å². The number of nitrogens with zero attached hydrogens (tertiary/aromatic N) is 1. The third-order valence-electron chi connectivity index (χ3n) is 3.16. The molecule has 0 bridgehead atoms. The summed E-state index contributed by atoms with van der Waals surface area (Å²) in [7, 11) is 0. The molecule has 0 spiro atoms. The van der Waals surface area contributed by atoms with Crippen LogP contribution in [-0.2, 0) is 14.3 Å². The highest BCUT2D eigenvalue weighted by atomic mass is 16.5. The highest BCUT2D eigenvalue weighted by Gasteiger charge is 2.50. The minimum absolute atomic E-state index is 0.280. The van der Waals surface area contributed by atoms with Gasteiger partial charge >= 0.3 is 11.9 Å². The number of hydrogen-bond donors (Lipinski definition) is 2. The minimum Gasteiger partial charge on any atom is -0.481 e. The quantitative estimate of drug-likeness (QED) is 0.621. The van der Waals surface area contributed by atoms with E-state index in [4.69, 9.17) is 14.9 Å². The second-order valence-electron chi connectivity index (χ2n) is 3.95. The molecular weight excluding hydrogens is 202 g/mol. The van der Waals surface area contributed by atoms with E-state index in [1.165, 1.54) is 0 Å². The lowest BCUT2D eigenvalue weighted by Gasteiger charge is -2.30. The number of hydrogen-bond acceptors (Lipinski definition) is 4. The lowest BCUT2D eigenvalue weighted by atomic mass is 9.91. The van der Waals surface area contributed by atoms with E-state index in [0.29, 0.717) is 26.3 Å². The zero-order valence-corrected chi connectivity index (χ0v) is 8.13. The van der Waals surface area contributed by atoms with Crippen molar-refractivity contribution in [2.75, 3.05) is 26.3 Å². The SMILES string of the molecule is O=C(O)[C@@H]1[C@H]2COCCN2C[C@H]1C(=O)O. The summed E-state index contributed by atoms with van der Waals surface area (Å²) in [6.45, 7) is 1.81. The second kappa shape index (κ2) is 3.79. The largest absolute Gasteiger partial charge is 0.481 e. The molecule has 3 atom stereocenters. The van der Waals surface area contributed by atoms with E-state index < -0.39 is 23.8 Å². The van der Waals surface area contributed by atoms with Crippen LogP contribution < -0.4 is 0 Å². The molecule has 0 amide bonds. The Morgan fingerprint density at radius 1 is 1.27 bits per heavy atom. The maximum Gasteiger partial charge on any atom is 0.309 e. The number of carboxylic acid groups (broad SMARTS) is 2. The highest BCUT2D eigenvalue weighted by molar-refractivity contribution is 5.81. The van der Waals surface area contributed by atoms with Crippen molar-refractivity contribution < 1.29 is 24.5 Å². The first-order chi connectivity index (χ1) is 7.11. The zero-order valence-electron chi connectivity index (χ0n) is 8.13. The first-order valence-corrected chi connectivity index (χ1v) is 4.88. The smallest absolute Gasteiger partial charge is 0.309 e. The molecule has 0 radical (unpaired) electrons. The molecule has 0 aromatic rings. The molecule has 0 saturated carbocycles. The molecule has 6 nitrogen and oxygen atoms in total. The van der Waals surface area contributed by atoms with Crippen LogP contribution in [0.5, 0.6) is 0 Å².